The lowest BCUT2D eigenvalue weighted by atomic mass is 10.1. The van der Waals surface area contributed by atoms with E-state index in [9.17, 15) is 4.79 Å². The van der Waals surface area contributed by atoms with Gasteiger partial charge in [-0.25, -0.2) is 0 Å². The molecule has 0 N–H and O–H groups in total. The van der Waals surface area contributed by atoms with Crippen LogP contribution in [-0.4, -0.2) is 11.6 Å². The molecule has 0 atom stereocenters. The molecule has 1 heterocycles. The Bertz CT molecular complexity index is 424. The molecule has 96 valence electrons. The SMILES string of the molecule is C#CC1(OC(=O)CCCCCc2cccs2)CC1. The first kappa shape index (κ1) is 13.2. The number of rotatable bonds is 7. The number of terminal acetylenes is 1. The van der Waals surface area contributed by atoms with E-state index in [4.69, 9.17) is 11.2 Å². The van der Waals surface area contributed by atoms with Gasteiger partial charge in [-0.1, -0.05) is 18.4 Å². The first-order valence-corrected chi connectivity index (χ1v) is 7.34. The van der Waals surface area contributed by atoms with Gasteiger partial charge in [0, 0.05) is 24.1 Å². The number of esters is 1. The molecule has 0 radical (unpaired) electrons. The van der Waals surface area contributed by atoms with E-state index in [1.165, 1.54) is 4.88 Å². The summed E-state index contributed by atoms with van der Waals surface area (Å²) in [5.74, 6) is 2.42. The molecule has 0 aromatic carbocycles. The van der Waals surface area contributed by atoms with E-state index in [1.807, 2.05) is 0 Å². The van der Waals surface area contributed by atoms with Crippen LogP contribution in [0.5, 0.6) is 0 Å². The van der Waals surface area contributed by atoms with Crippen LogP contribution in [0.25, 0.3) is 0 Å². The molecule has 0 unspecified atom stereocenters. The van der Waals surface area contributed by atoms with Crippen LogP contribution in [0.3, 0.4) is 0 Å². The number of carbonyl (C=O) groups is 1. The van der Waals surface area contributed by atoms with Crippen LogP contribution in [0.4, 0.5) is 0 Å². The lowest BCUT2D eigenvalue weighted by Crippen LogP contribution is -2.17. The van der Waals surface area contributed by atoms with E-state index >= 15 is 0 Å². The predicted octanol–water partition coefficient (Wildman–Crippen LogP) is 3.56. The van der Waals surface area contributed by atoms with Gasteiger partial charge in [-0.05, 0) is 30.7 Å². The zero-order valence-corrected chi connectivity index (χ0v) is 11.3. The number of ether oxygens (including phenoxy) is 1. The van der Waals surface area contributed by atoms with Crippen molar-refractivity contribution in [1.29, 1.82) is 0 Å². The summed E-state index contributed by atoms with van der Waals surface area (Å²) in [6.45, 7) is 0. The van der Waals surface area contributed by atoms with Crippen LogP contribution in [0.1, 0.15) is 43.4 Å². The van der Waals surface area contributed by atoms with Crippen LogP contribution in [-0.2, 0) is 16.0 Å². The Labute approximate surface area is 112 Å². The maximum Gasteiger partial charge on any atom is 0.307 e. The fourth-order valence-corrected chi connectivity index (χ4v) is 2.61. The van der Waals surface area contributed by atoms with Gasteiger partial charge < -0.3 is 4.74 Å². The quantitative estimate of drug-likeness (QED) is 0.426. The van der Waals surface area contributed by atoms with E-state index < -0.39 is 5.60 Å². The topological polar surface area (TPSA) is 26.3 Å². The Kier molecular flexibility index (Phi) is 4.43. The lowest BCUT2D eigenvalue weighted by molar-refractivity contribution is -0.148. The maximum absolute atomic E-state index is 11.5. The van der Waals surface area contributed by atoms with E-state index in [-0.39, 0.29) is 5.97 Å². The van der Waals surface area contributed by atoms with E-state index in [1.54, 1.807) is 11.3 Å². The van der Waals surface area contributed by atoms with Gasteiger partial charge >= 0.3 is 5.97 Å². The van der Waals surface area contributed by atoms with Gasteiger partial charge in [0.2, 0.25) is 0 Å². The third kappa shape index (κ3) is 3.89. The molecule has 0 bridgehead atoms. The van der Waals surface area contributed by atoms with Gasteiger partial charge in [0.05, 0.1) is 0 Å². The second-order valence-corrected chi connectivity index (χ2v) is 5.78. The molecule has 2 nitrogen and oxygen atoms in total. The Morgan fingerprint density at radius 1 is 1.44 bits per heavy atom. The number of hydrogen-bond donors (Lipinski definition) is 0. The van der Waals surface area contributed by atoms with Crippen molar-refractivity contribution in [3.8, 4) is 12.3 Å². The Morgan fingerprint density at radius 2 is 2.28 bits per heavy atom. The molecule has 1 fully saturated rings. The summed E-state index contributed by atoms with van der Waals surface area (Å²) in [6.07, 6.45) is 11.7. The van der Waals surface area contributed by atoms with Crippen LogP contribution < -0.4 is 0 Å². The fourth-order valence-electron chi connectivity index (χ4n) is 1.86. The second-order valence-electron chi connectivity index (χ2n) is 4.75. The minimum Gasteiger partial charge on any atom is -0.446 e. The van der Waals surface area contributed by atoms with E-state index in [2.05, 4.69) is 23.4 Å². The summed E-state index contributed by atoms with van der Waals surface area (Å²) in [7, 11) is 0. The van der Waals surface area contributed by atoms with Crippen LogP contribution in [0.2, 0.25) is 0 Å². The zero-order chi connectivity index (χ0) is 12.8. The smallest absolute Gasteiger partial charge is 0.307 e. The predicted molar refractivity (Wildman–Crippen MR) is 73.4 cm³/mol. The Hall–Kier alpha value is -1.27. The van der Waals surface area contributed by atoms with Crippen molar-refractivity contribution < 1.29 is 9.53 Å². The summed E-state index contributed by atoms with van der Waals surface area (Å²) < 4.78 is 5.28. The molecule has 2 rings (SSSR count). The molecule has 3 heteroatoms. The first-order valence-electron chi connectivity index (χ1n) is 6.46. The second kappa shape index (κ2) is 6.06. The van der Waals surface area contributed by atoms with Gasteiger partial charge in [0.1, 0.15) is 0 Å². The summed E-state index contributed by atoms with van der Waals surface area (Å²) in [6, 6.07) is 4.23. The monoisotopic (exact) mass is 262 g/mol. The summed E-state index contributed by atoms with van der Waals surface area (Å²) >= 11 is 1.79. The van der Waals surface area contributed by atoms with E-state index in [0.717, 1.165) is 38.5 Å². The molecule has 1 aliphatic rings. The van der Waals surface area contributed by atoms with Crippen molar-refractivity contribution in [3.05, 3.63) is 22.4 Å². The zero-order valence-electron chi connectivity index (χ0n) is 10.5. The maximum atomic E-state index is 11.5. The highest BCUT2D eigenvalue weighted by atomic mass is 32.1. The normalized spacial score (nSPS) is 15.9. The number of carbonyl (C=O) groups excluding carboxylic acids is 1. The number of thiophene rings is 1. The van der Waals surface area contributed by atoms with Crippen LogP contribution >= 0.6 is 11.3 Å². The van der Waals surface area contributed by atoms with Crippen molar-refractivity contribution in [3.63, 3.8) is 0 Å². The average molecular weight is 262 g/mol. The summed E-state index contributed by atoms with van der Waals surface area (Å²) in [5.41, 5.74) is -0.534. The van der Waals surface area contributed by atoms with Crippen molar-refractivity contribution in [2.75, 3.05) is 0 Å². The molecule has 0 amide bonds. The first-order chi connectivity index (χ1) is 8.74. The minimum atomic E-state index is -0.534. The van der Waals surface area contributed by atoms with E-state index in [0.29, 0.717) is 6.42 Å². The molecule has 0 saturated heterocycles. The molecule has 1 aromatic heterocycles. The number of aryl methyl sites for hydroxylation is 1. The summed E-state index contributed by atoms with van der Waals surface area (Å²) in [4.78, 5) is 13.0. The molecule has 1 saturated carbocycles. The largest absolute Gasteiger partial charge is 0.446 e. The standard InChI is InChI=1S/C15H18O2S/c1-2-15(10-11-15)17-14(16)9-5-3-4-7-13-8-6-12-18-13/h1,6,8,12H,3-5,7,9-11H2. The van der Waals surface area contributed by atoms with Gasteiger partial charge in [0.15, 0.2) is 5.60 Å². The Balaban J connectivity index is 1.53. The van der Waals surface area contributed by atoms with Crippen molar-refractivity contribution in [2.45, 2.75) is 50.5 Å². The molecule has 18 heavy (non-hydrogen) atoms. The van der Waals surface area contributed by atoms with Gasteiger partial charge in [-0.15, -0.1) is 17.8 Å². The third-order valence-corrected chi connectivity index (χ3v) is 4.10. The number of hydrogen-bond acceptors (Lipinski definition) is 3. The van der Waals surface area contributed by atoms with Gasteiger partial charge in [0.25, 0.3) is 0 Å². The van der Waals surface area contributed by atoms with Gasteiger partial charge in [-0.3, -0.25) is 4.79 Å². The average Bonchev–Trinajstić information content (AvgIpc) is 2.94. The molecule has 1 aliphatic carbocycles. The molecule has 0 spiro atoms. The van der Waals surface area contributed by atoms with Gasteiger partial charge in [-0.2, -0.15) is 0 Å². The molecule has 0 aliphatic heterocycles. The van der Waals surface area contributed by atoms with Crippen LogP contribution in [0.15, 0.2) is 17.5 Å². The highest BCUT2D eigenvalue weighted by Gasteiger charge is 2.45. The van der Waals surface area contributed by atoms with Crippen molar-refractivity contribution in [1.82, 2.24) is 0 Å². The third-order valence-electron chi connectivity index (χ3n) is 3.16. The molecular formula is C15H18O2S. The van der Waals surface area contributed by atoms with Crippen molar-refractivity contribution in [2.24, 2.45) is 0 Å². The number of unbranched alkanes of at least 4 members (excludes halogenated alkanes) is 2. The highest BCUT2D eigenvalue weighted by Crippen LogP contribution is 2.39. The minimum absolute atomic E-state index is 0.137. The lowest BCUT2D eigenvalue weighted by Gasteiger charge is -2.09. The highest BCUT2D eigenvalue weighted by molar-refractivity contribution is 7.09. The summed E-state index contributed by atoms with van der Waals surface area (Å²) in [5, 5.41) is 2.10. The Morgan fingerprint density at radius 3 is 2.89 bits per heavy atom. The molecule has 1 aromatic rings. The van der Waals surface area contributed by atoms with Crippen molar-refractivity contribution >= 4 is 17.3 Å². The fraction of sp³-hybridized carbons (Fsp3) is 0.533. The van der Waals surface area contributed by atoms with Crippen LogP contribution in [0, 0.1) is 12.3 Å². The molecular weight excluding hydrogens is 244 g/mol.